The minimum Gasteiger partial charge on any atom is -0.379 e. The molecule has 3 nitrogen and oxygen atoms in total. The molecule has 1 aromatic rings. The SMILES string of the molecule is FC(F)(F)Nc1cccc(CCCN2CCOCC2)c1. The maximum atomic E-state index is 12.2. The maximum Gasteiger partial charge on any atom is 0.482 e. The summed E-state index contributed by atoms with van der Waals surface area (Å²) in [6, 6.07) is 6.50. The van der Waals surface area contributed by atoms with E-state index >= 15 is 0 Å². The quantitative estimate of drug-likeness (QED) is 0.843. The van der Waals surface area contributed by atoms with Crippen molar-refractivity contribution in [3.8, 4) is 0 Å². The summed E-state index contributed by atoms with van der Waals surface area (Å²) in [5, 5.41) is 1.53. The minimum absolute atomic E-state index is 0.0985. The Labute approximate surface area is 116 Å². The summed E-state index contributed by atoms with van der Waals surface area (Å²) in [5.41, 5.74) is 1.02. The van der Waals surface area contributed by atoms with Crippen LogP contribution in [0.3, 0.4) is 0 Å². The fraction of sp³-hybridized carbons (Fsp3) is 0.571. The van der Waals surface area contributed by atoms with Gasteiger partial charge in [-0.05, 0) is 37.1 Å². The zero-order chi connectivity index (χ0) is 14.4. The van der Waals surface area contributed by atoms with E-state index in [-0.39, 0.29) is 5.69 Å². The molecule has 0 amide bonds. The standard InChI is InChI=1S/C14H19F3N2O/c15-14(16,17)18-13-5-1-3-12(11-13)4-2-6-19-7-9-20-10-8-19/h1,3,5,11,18H,2,4,6-10H2. The molecule has 0 atom stereocenters. The number of nitrogens with zero attached hydrogens (tertiary/aromatic N) is 1. The topological polar surface area (TPSA) is 24.5 Å². The van der Waals surface area contributed by atoms with E-state index in [2.05, 4.69) is 4.90 Å². The molecule has 112 valence electrons. The normalized spacial score (nSPS) is 17.1. The highest BCUT2D eigenvalue weighted by Gasteiger charge is 2.26. The van der Waals surface area contributed by atoms with Gasteiger partial charge in [0.2, 0.25) is 0 Å². The average Bonchev–Trinajstić information content (AvgIpc) is 2.38. The molecule has 1 N–H and O–H groups in total. The summed E-state index contributed by atoms with van der Waals surface area (Å²) in [5.74, 6) is 0. The second kappa shape index (κ2) is 6.95. The van der Waals surface area contributed by atoms with Crippen LogP contribution >= 0.6 is 0 Å². The molecular weight excluding hydrogens is 269 g/mol. The number of alkyl halides is 3. The second-order valence-electron chi connectivity index (χ2n) is 4.88. The molecule has 2 rings (SSSR count). The molecular formula is C14H19F3N2O. The number of hydrogen-bond donors (Lipinski definition) is 1. The summed E-state index contributed by atoms with van der Waals surface area (Å²) in [6.45, 7) is 4.38. The molecule has 1 aromatic carbocycles. The van der Waals surface area contributed by atoms with Crippen molar-refractivity contribution in [2.45, 2.75) is 19.1 Å². The first kappa shape index (κ1) is 15.1. The molecule has 20 heavy (non-hydrogen) atoms. The third kappa shape index (κ3) is 5.38. The summed E-state index contributed by atoms with van der Waals surface area (Å²) >= 11 is 0. The van der Waals surface area contributed by atoms with Crippen LogP contribution in [0.15, 0.2) is 24.3 Å². The zero-order valence-corrected chi connectivity index (χ0v) is 11.2. The fourth-order valence-electron chi connectivity index (χ4n) is 2.30. The second-order valence-corrected chi connectivity index (χ2v) is 4.88. The van der Waals surface area contributed by atoms with E-state index in [0.717, 1.165) is 51.3 Å². The molecule has 0 radical (unpaired) electrons. The number of benzene rings is 1. The smallest absolute Gasteiger partial charge is 0.379 e. The van der Waals surface area contributed by atoms with Gasteiger partial charge in [-0.3, -0.25) is 10.2 Å². The predicted octanol–water partition coefficient (Wildman–Crippen LogP) is 2.88. The van der Waals surface area contributed by atoms with Crippen LogP contribution in [0.4, 0.5) is 18.9 Å². The monoisotopic (exact) mass is 288 g/mol. The number of hydrogen-bond acceptors (Lipinski definition) is 3. The highest BCUT2D eigenvalue weighted by Crippen LogP contribution is 2.21. The number of nitrogens with one attached hydrogen (secondary N) is 1. The Hall–Kier alpha value is -1.27. The van der Waals surface area contributed by atoms with Gasteiger partial charge in [0.15, 0.2) is 0 Å². The molecule has 6 heteroatoms. The van der Waals surface area contributed by atoms with E-state index in [4.69, 9.17) is 4.74 Å². The Kier molecular flexibility index (Phi) is 5.25. The van der Waals surface area contributed by atoms with Crippen LogP contribution in [0.2, 0.25) is 0 Å². The first-order valence-corrected chi connectivity index (χ1v) is 6.77. The van der Waals surface area contributed by atoms with Crippen molar-refractivity contribution in [3.05, 3.63) is 29.8 Å². The number of aryl methyl sites for hydroxylation is 1. The van der Waals surface area contributed by atoms with Gasteiger partial charge >= 0.3 is 6.30 Å². The van der Waals surface area contributed by atoms with E-state index in [1.165, 1.54) is 11.4 Å². The van der Waals surface area contributed by atoms with Crippen molar-refractivity contribution in [1.29, 1.82) is 0 Å². The van der Waals surface area contributed by atoms with E-state index in [1.807, 2.05) is 6.07 Å². The molecule has 0 aliphatic carbocycles. The predicted molar refractivity (Wildman–Crippen MR) is 71.7 cm³/mol. The minimum atomic E-state index is -4.38. The summed E-state index contributed by atoms with van der Waals surface area (Å²) in [4.78, 5) is 2.32. The highest BCUT2D eigenvalue weighted by atomic mass is 19.4. The van der Waals surface area contributed by atoms with Crippen molar-refractivity contribution < 1.29 is 17.9 Å². The molecule has 1 fully saturated rings. The van der Waals surface area contributed by atoms with Crippen molar-refractivity contribution in [1.82, 2.24) is 4.90 Å². The van der Waals surface area contributed by atoms with Gasteiger partial charge < -0.3 is 4.74 Å². The zero-order valence-electron chi connectivity index (χ0n) is 11.2. The summed E-state index contributed by atoms with van der Waals surface area (Å²) in [6.07, 6.45) is -2.66. The van der Waals surface area contributed by atoms with Gasteiger partial charge in [-0.1, -0.05) is 12.1 Å². The van der Waals surface area contributed by atoms with Crippen LogP contribution in [-0.2, 0) is 11.2 Å². The molecule has 1 saturated heterocycles. The van der Waals surface area contributed by atoms with E-state index in [1.54, 1.807) is 12.1 Å². The van der Waals surface area contributed by atoms with Crippen LogP contribution in [-0.4, -0.2) is 44.0 Å². The van der Waals surface area contributed by atoms with Crippen LogP contribution in [0.5, 0.6) is 0 Å². The van der Waals surface area contributed by atoms with Gasteiger partial charge in [0, 0.05) is 18.8 Å². The van der Waals surface area contributed by atoms with E-state index in [9.17, 15) is 13.2 Å². The van der Waals surface area contributed by atoms with Gasteiger partial charge in [0.25, 0.3) is 0 Å². The summed E-state index contributed by atoms with van der Waals surface area (Å²) < 4.78 is 42.0. The first-order chi connectivity index (χ1) is 9.53. The molecule has 0 saturated carbocycles. The van der Waals surface area contributed by atoms with Crippen LogP contribution in [0, 0.1) is 0 Å². The Bertz CT molecular complexity index is 417. The number of halogens is 3. The largest absolute Gasteiger partial charge is 0.482 e. The third-order valence-corrected chi connectivity index (χ3v) is 3.26. The first-order valence-electron chi connectivity index (χ1n) is 6.77. The van der Waals surface area contributed by atoms with E-state index < -0.39 is 6.30 Å². The lowest BCUT2D eigenvalue weighted by atomic mass is 10.1. The molecule has 0 aromatic heterocycles. The molecule has 0 bridgehead atoms. The average molecular weight is 288 g/mol. The molecule has 1 aliphatic rings. The lowest BCUT2D eigenvalue weighted by Crippen LogP contribution is -2.36. The number of ether oxygens (including phenoxy) is 1. The number of morpholine rings is 1. The molecule has 0 spiro atoms. The van der Waals surface area contributed by atoms with Gasteiger partial charge in [-0.25, -0.2) is 0 Å². The van der Waals surface area contributed by atoms with Crippen molar-refractivity contribution >= 4 is 5.69 Å². The Morgan fingerprint density at radius 3 is 2.65 bits per heavy atom. The molecule has 1 aliphatic heterocycles. The van der Waals surface area contributed by atoms with Crippen LogP contribution < -0.4 is 5.32 Å². The number of anilines is 1. The Balaban J connectivity index is 1.79. The van der Waals surface area contributed by atoms with Gasteiger partial charge in [0.05, 0.1) is 13.2 Å². The van der Waals surface area contributed by atoms with Crippen molar-refractivity contribution in [2.75, 3.05) is 38.2 Å². The van der Waals surface area contributed by atoms with Crippen molar-refractivity contribution in [3.63, 3.8) is 0 Å². The van der Waals surface area contributed by atoms with E-state index in [0.29, 0.717) is 0 Å². The molecule has 0 unspecified atom stereocenters. The van der Waals surface area contributed by atoms with Gasteiger partial charge in [-0.2, -0.15) is 13.2 Å². The molecule has 1 heterocycles. The number of rotatable bonds is 5. The maximum absolute atomic E-state index is 12.2. The van der Waals surface area contributed by atoms with Crippen LogP contribution in [0.25, 0.3) is 0 Å². The van der Waals surface area contributed by atoms with Gasteiger partial charge in [0.1, 0.15) is 0 Å². The Morgan fingerprint density at radius 1 is 1.20 bits per heavy atom. The van der Waals surface area contributed by atoms with Gasteiger partial charge in [-0.15, -0.1) is 0 Å². The summed E-state index contributed by atoms with van der Waals surface area (Å²) in [7, 11) is 0. The lowest BCUT2D eigenvalue weighted by molar-refractivity contribution is -0.0999. The third-order valence-electron chi connectivity index (χ3n) is 3.26. The Morgan fingerprint density at radius 2 is 1.95 bits per heavy atom. The fourth-order valence-corrected chi connectivity index (χ4v) is 2.30. The lowest BCUT2D eigenvalue weighted by Gasteiger charge is -2.26. The highest BCUT2D eigenvalue weighted by molar-refractivity contribution is 5.46. The van der Waals surface area contributed by atoms with Crippen LogP contribution in [0.1, 0.15) is 12.0 Å². The van der Waals surface area contributed by atoms with Crippen molar-refractivity contribution in [2.24, 2.45) is 0 Å².